The Morgan fingerprint density at radius 2 is 1.71 bits per heavy atom. The van der Waals surface area contributed by atoms with E-state index in [1.54, 1.807) is 6.33 Å². The molecular weight excluding hydrogens is 415 g/mol. The van der Waals surface area contributed by atoms with Gasteiger partial charge in [0.1, 0.15) is 17.8 Å². The van der Waals surface area contributed by atoms with Crippen molar-refractivity contribution in [1.29, 1.82) is 0 Å². The van der Waals surface area contributed by atoms with Gasteiger partial charge in [-0.1, -0.05) is 0 Å². The molecule has 130 valence electrons. The minimum atomic E-state index is 0.536. The highest BCUT2D eigenvalue weighted by atomic mass is 127. The highest BCUT2D eigenvalue weighted by Crippen LogP contribution is 2.35. The standard InChI is InChI=1S/C17H25IN6/c1-22-6-8-23(9-7-22)12-2-4-13(5-3-12)24-10-14(18)15-16(19)20-11-21-17(15)24/h10-13H,2-9H2,1H3,(H2,19,20,21). The van der Waals surface area contributed by atoms with E-state index in [1.807, 2.05) is 0 Å². The second-order valence-corrected chi connectivity index (χ2v) is 8.31. The molecule has 0 unspecified atom stereocenters. The Balaban J connectivity index is 1.47. The molecule has 24 heavy (non-hydrogen) atoms. The minimum Gasteiger partial charge on any atom is -0.383 e. The topological polar surface area (TPSA) is 63.2 Å². The number of anilines is 1. The Hall–Kier alpha value is -0.930. The van der Waals surface area contributed by atoms with E-state index in [9.17, 15) is 0 Å². The molecule has 1 aliphatic carbocycles. The van der Waals surface area contributed by atoms with Crippen molar-refractivity contribution in [3.63, 3.8) is 0 Å². The summed E-state index contributed by atoms with van der Waals surface area (Å²) in [7, 11) is 2.22. The van der Waals surface area contributed by atoms with Gasteiger partial charge in [-0.2, -0.15) is 0 Å². The van der Waals surface area contributed by atoms with Crippen molar-refractivity contribution in [1.82, 2.24) is 24.3 Å². The van der Waals surface area contributed by atoms with E-state index in [4.69, 9.17) is 5.73 Å². The van der Waals surface area contributed by atoms with Crippen LogP contribution in [0.5, 0.6) is 0 Å². The molecule has 1 aliphatic heterocycles. The highest BCUT2D eigenvalue weighted by Gasteiger charge is 2.29. The smallest absolute Gasteiger partial charge is 0.146 e. The van der Waals surface area contributed by atoms with Crippen LogP contribution in [-0.4, -0.2) is 63.6 Å². The molecule has 0 amide bonds. The van der Waals surface area contributed by atoms with Crippen LogP contribution in [0.15, 0.2) is 12.5 Å². The summed E-state index contributed by atoms with van der Waals surface area (Å²) >= 11 is 2.35. The summed E-state index contributed by atoms with van der Waals surface area (Å²) < 4.78 is 3.50. The summed E-state index contributed by atoms with van der Waals surface area (Å²) in [5, 5.41) is 1.01. The molecule has 0 aromatic carbocycles. The van der Waals surface area contributed by atoms with Crippen LogP contribution in [0.4, 0.5) is 5.82 Å². The predicted octanol–water partition coefficient (Wildman–Crippen LogP) is 2.35. The first-order valence-electron chi connectivity index (χ1n) is 8.82. The first kappa shape index (κ1) is 16.5. The van der Waals surface area contributed by atoms with Crippen LogP contribution >= 0.6 is 22.6 Å². The highest BCUT2D eigenvalue weighted by molar-refractivity contribution is 14.1. The third-order valence-electron chi connectivity index (χ3n) is 5.71. The molecule has 0 spiro atoms. The zero-order valence-corrected chi connectivity index (χ0v) is 16.3. The average molecular weight is 440 g/mol. The van der Waals surface area contributed by atoms with E-state index in [1.165, 1.54) is 51.9 Å². The second kappa shape index (κ2) is 6.76. The van der Waals surface area contributed by atoms with Gasteiger partial charge in [-0.3, -0.25) is 4.90 Å². The minimum absolute atomic E-state index is 0.536. The molecule has 2 fully saturated rings. The fourth-order valence-electron chi connectivity index (χ4n) is 4.23. The van der Waals surface area contributed by atoms with Gasteiger partial charge in [-0.25, -0.2) is 9.97 Å². The van der Waals surface area contributed by atoms with Crippen molar-refractivity contribution in [2.75, 3.05) is 39.0 Å². The maximum absolute atomic E-state index is 6.05. The summed E-state index contributed by atoms with van der Waals surface area (Å²) in [5.41, 5.74) is 7.05. The maximum atomic E-state index is 6.05. The molecule has 2 aromatic rings. The number of nitrogens with zero attached hydrogens (tertiary/aromatic N) is 5. The van der Waals surface area contributed by atoms with Crippen LogP contribution in [0, 0.1) is 3.57 Å². The van der Waals surface area contributed by atoms with Crippen molar-refractivity contribution in [2.45, 2.75) is 37.8 Å². The molecule has 6 nitrogen and oxygen atoms in total. The van der Waals surface area contributed by atoms with E-state index >= 15 is 0 Å². The van der Waals surface area contributed by atoms with Gasteiger partial charge in [0, 0.05) is 48.0 Å². The lowest BCUT2D eigenvalue weighted by atomic mass is 9.89. The van der Waals surface area contributed by atoms with E-state index in [-0.39, 0.29) is 0 Å². The summed E-state index contributed by atoms with van der Waals surface area (Å²) in [6, 6.07) is 1.30. The number of likely N-dealkylation sites (N-methyl/N-ethyl adjacent to an activating group) is 1. The van der Waals surface area contributed by atoms with E-state index in [0.29, 0.717) is 11.9 Å². The maximum Gasteiger partial charge on any atom is 0.146 e. The van der Waals surface area contributed by atoms with Crippen LogP contribution in [0.1, 0.15) is 31.7 Å². The molecular formula is C17H25IN6. The third kappa shape index (κ3) is 3.01. The van der Waals surface area contributed by atoms with Gasteiger partial charge in [0.2, 0.25) is 0 Å². The number of nitrogens with two attached hydrogens (primary N) is 1. The number of halogens is 1. The molecule has 0 radical (unpaired) electrons. The van der Waals surface area contributed by atoms with E-state index in [2.05, 4.69) is 60.2 Å². The lowest BCUT2D eigenvalue weighted by molar-refractivity contribution is 0.0827. The fraction of sp³-hybridized carbons (Fsp3) is 0.647. The van der Waals surface area contributed by atoms with E-state index < -0.39 is 0 Å². The van der Waals surface area contributed by atoms with Gasteiger partial charge in [0.15, 0.2) is 0 Å². The summed E-state index contributed by atoms with van der Waals surface area (Å²) in [4.78, 5) is 13.8. The Labute approximate surface area is 156 Å². The summed E-state index contributed by atoms with van der Waals surface area (Å²) in [6.45, 7) is 4.85. The van der Waals surface area contributed by atoms with Crippen molar-refractivity contribution in [3.05, 3.63) is 16.1 Å². The number of fused-ring (bicyclic) bond motifs is 1. The van der Waals surface area contributed by atoms with Crippen molar-refractivity contribution < 1.29 is 0 Å². The van der Waals surface area contributed by atoms with Gasteiger partial charge >= 0.3 is 0 Å². The number of piperazine rings is 1. The lowest BCUT2D eigenvalue weighted by Gasteiger charge is -2.41. The van der Waals surface area contributed by atoms with Gasteiger partial charge < -0.3 is 15.2 Å². The number of rotatable bonds is 2. The van der Waals surface area contributed by atoms with Gasteiger partial charge in [0.25, 0.3) is 0 Å². The molecule has 0 bridgehead atoms. The first-order chi connectivity index (χ1) is 11.6. The number of hydrogen-bond acceptors (Lipinski definition) is 5. The van der Waals surface area contributed by atoms with Crippen LogP contribution in [0.25, 0.3) is 11.0 Å². The van der Waals surface area contributed by atoms with Crippen molar-refractivity contribution in [2.24, 2.45) is 0 Å². The van der Waals surface area contributed by atoms with E-state index in [0.717, 1.165) is 20.6 Å². The zero-order chi connectivity index (χ0) is 16.7. The largest absolute Gasteiger partial charge is 0.383 e. The zero-order valence-electron chi connectivity index (χ0n) is 14.2. The molecule has 2 N–H and O–H groups in total. The van der Waals surface area contributed by atoms with Gasteiger partial charge in [-0.15, -0.1) is 0 Å². The summed E-state index contributed by atoms with van der Waals surface area (Å²) in [6.07, 6.45) is 8.80. The molecule has 4 rings (SSSR count). The van der Waals surface area contributed by atoms with Crippen LogP contribution in [-0.2, 0) is 0 Å². The molecule has 0 atom stereocenters. The molecule has 3 heterocycles. The third-order valence-corrected chi connectivity index (χ3v) is 6.52. The van der Waals surface area contributed by atoms with Crippen LogP contribution in [0.3, 0.4) is 0 Å². The lowest BCUT2D eigenvalue weighted by Crippen LogP contribution is -2.49. The molecule has 1 saturated heterocycles. The number of aromatic nitrogens is 3. The van der Waals surface area contributed by atoms with Gasteiger partial charge in [-0.05, 0) is 55.3 Å². The Bertz CT molecular complexity index is 713. The first-order valence-corrected chi connectivity index (χ1v) is 9.90. The molecule has 7 heteroatoms. The SMILES string of the molecule is CN1CCN(C2CCC(n3cc(I)c4c(N)ncnc43)CC2)CC1. The molecule has 1 saturated carbocycles. The number of nitrogen functional groups attached to an aromatic ring is 1. The molecule has 2 aliphatic rings. The predicted molar refractivity (Wildman–Crippen MR) is 105 cm³/mol. The monoisotopic (exact) mass is 440 g/mol. The van der Waals surface area contributed by atoms with Crippen molar-refractivity contribution in [3.8, 4) is 0 Å². The Morgan fingerprint density at radius 1 is 1.04 bits per heavy atom. The van der Waals surface area contributed by atoms with Crippen LogP contribution < -0.4 is 5.73 Å². The Morgan fingerprint density at radius 3 is 2.42 bits per heavy atom. The number of hydrogen-bond donors (Lipinski definition) is 1. The summed E-state index contributed by atoms with van der Waals surface area (Å²) in [5.74, 6) is 0.592. The second-order valence-electron chi connectivity index (χ2n) is 7.14. The van der Waals surface area contributed by atoms with Crippen LogP contribution in [0.2, 0.25) is 0 Å². The van der Waals surface area contributed by atoms with Crippen molar-refractivity contribution >= 4 is 39.4 Å². The quantitative estimate of drug-likeness (QED) is 0.727. The fourth-order valence-corrected chi connectivity index (χ4v) is 5.05. The normalized spacial score (nSPS) is 26.9. The van der Waals surface area contributed by atoms with Gasteiger partial charge in [0.05, 0.1) is 5.39 Å². The average Bonchev–Trinajstić information content (AvgIpc) is 2.94. The molecule has 2 aromatic heterocycles. The Kier molecular flexibility index (Phi) is 4.66.